The van der Waals surface area contributed by atoms with Crippen molar-refractivity contribution in [2.24, 2.45) is 0 Å². The minimum Gasteiger partial charge on any atom is -0.491 e. The summed E-state index contributed by atoms with van der Waals surface area (Å²) in [5.41, 5.74) is 5.90. The summed E-state index contributed by atoms with van der Waals surface area (Å²) in [6.07, 6.45) is 1.07. The molecule has 0 radical (unpaired) electrons. The van der Waals surface area contributed by atoms with Crippen LogP contribution in [0.15, 0.2) is 93.2 Å². The molecule has 1 atom stereocenters. The van der Waals surface area contributed by atoms with Gasteiger partial charge in [-0.1, -0.05) is 62.0 Å². The Morgan fingerprint density at radius 3 is 2.28 bits per heavy atom. The Morgan fingerprint density at radius 2 is 1.56 bits per heavy atom. The zero-order valence-corrected chi connectivity index (χ0v) is 22.6. The summed E-state index contributed by atoms with van der Waals surface area (Å²) in [5, 5.41) is 20.8. The summed E-state index contributed by atoms with van der Waals surface area (Å²) < 4.78 is 10.9. The van der Waals surface area contributed by atoms with Crippen molar-refractivity contribution >= 4 is 22.7 Å². The van der Waals surface area contributed by atoms with Gasteiger partial charge in [0.25, 0.3) is 0 Å². The summed E-state index contributed by atoms with van der Waals surface area (Å²) in [4.78, 5) is 16.4. The molecule has 198 valence electrons. The molecule has 5 rings (SSSR count). The van der Waals surface area contributed by atoms with Gasteiger partial charge in [0.15, 0.2) is 0 Å². The molecule has 39 heavy (non-hydrogen) atoms. The maximum atomic E-state index is 11.5. The molecule has 3 aromatic carbocycles. The van der Waals surface area contributed by atoms with Crippen LogP contribution in [0.4, 0.5) is 0 Å². The van der Waals surface area contributed by atoms with E-state index in [1.165, 1.54) is 29.0 Å². The van der Waals surface area contributed by atoms with Gasteiger partial charge in [-0.2, -0.15) is 0 Å². The molecule has 5 aromatic rings. The van der Waals surface area contributed by atoms with E-state index >= 15 is 0 Å². The van der Waals surface area contributed by atoms with Crippen LogP contribution in [0.2, 0.25) is 0 Å². The highest BCUT2D eigenvalue weighted by atomic mass is 32.2. The number of aryl methyl sites for hydroxylation is 2. The van der Waals surface area contributed by atoms with Crippen LogP contribution in [0.5, 0.6) is 5.75 Å². The van der Waals surface area contributed by atoms with E-state index < -0.39 is 11.7 Å². The first-order valence-corrected chi connectivity index (χ1v) is 13.9. The number of benzene rings is 3. The van der Waals surface area contributed by atoms with Gasteiger partial charge in [0.1, 0.15) is 29.3 Å². The second kappa shape index (κ2) is 12.2. The summed E-state index contributed by atoms with van der Waals surface area (Å²) in [5.74, 6) is 0.833. The van der Waals surface area contributed by atoms with Crippen molar-refractivity contribution in [3.05, 3.63) is 100 Å². The van der Waals surface area contributed by atoms with E-state index in [2.05, 4.69) is 48.3 Å². The number of hydrogen-bond acceptors (Lipinski definition) is 8. The van der Waals surface area contributed by atoms with E-state index in [1.54, 1.807) is 24.3 Å². The van der Waals surface area contributed by atoms with Gasteiger partial charge < -0.3 is 14.3 Å². The van der Waals surface area contributed by atoms with Crippen molar-refractivity contribution in [3.63, 3.8) is 0 Å². The minimum atomic E-state index is -0.773. The van der Waals surface area contributed by atoms with Crippen molar-refractivity contribution in [2.75, 3.05) is 12.4 Å². The molecule has 0 saturated heterocycles. The molecule has 0 fully saturated rings. The molecule has 7 nitrogen and oxygen atoms in total. The first-order chi connectivity index (χ1) is 19.0. The summed E-state index contributed by atoms with van der Waals surface area (Å²) >= 11 is 1.32. The molecule has 2 heterocycles. The van der Waals surface area contributed by atoms with Crippen molar-refractivity contribution in [2.45, 2.75) is 37.9 Å². The van der Waals surface area contributed by atoms with E-state index in [-0.39, 0.29) is 6.61 Å². The van der Waals surface area contributed by atoms with Gasteiger partial charge >= 0.3 is 5.63 Å². The first kappa shape index (κ1) is 26.6. The number of hydrogen-bond donors (Lipinski definition) is 1. The van der Waals surface area contributed by atoms with Crippen LogP contribution in [0.3, 0.4) is 0 Å². The molecular weight excluding hydrogens is 510 g/mol. The monoisotopic (exact) mass is 539 g/mol. The highest BCUT2D eigenvalue weighted by Crippen LogP contribution is 2.31. The highest BCUT2D eigenvalue weighted by Gasteiger charge is 2.16. The molecule has 0 spiro atoms. The quantitative estimate of drug-likeness (QED) is 0.171. The van der Waals surface area contributed by atoms with E-state index in [1.807, 2.05) is 24.3 Å². The Bertz CT molecular complexity index is 1650. The lowest BCUT2D eigenvalue weighted by Gasteiger charge is -2.13. The van der Waals surface area contributed by atoms with E-state index in [9.17, 15) is 9.90 Å². The number of ether oxygens (including phenoxy) is 1. The zero-order chi connectivity index (χ0) is 27.2. The number of thioether (sulfide) groups is 1. The minimum absolute atomic E-state index is 0.0658. The Balaban J connectivity index is 1.32. The van der Waals surface area contributed by atoms with Crippen molar-refractivity contribution in [1.29, 1.82) is 0 Å². The average molecular weight is 540 g/mol. The van der Waals surface area contributed by atoms with Gasteiger partial charge in [0.05, 0.1) is 6.10 Å². The van der Waals surface area contributed by atoms with Gasteiger partial charge in [-0.05, 0) is 54.3 Å². The van der Waals surface area contributed by atoms with Crippen LogP contribution < -0.4 is 10.4 Å². The molecule has 0 aliphatic heterocycles. The van der Waals surface area contributed by atoms with Gasteiger partial charge in [-0.25, -0.2) is 9.78 Å². The predicted octanol–water partition coefficient (Wildman–Crippen LogP) is 5.97. The van der Waals surface area contributed by atoms with Crippen LogP contribution in [0.1, 0.15) is 25.0 Å². The average Bonchev–Trinajstić information content (AvgIpc) is 2.98. The molecule has 1 N–H and O–H groups in total. The fourth-order valence-corrected chi connectivity index (χ4v) is 4.88. The number of aliphatic hydroxyl groups excluding tert-OH is 1. The number of aliphatic hydroxyl groups is 1. The van der Waals surface area contributed by atoms with Crippen LogP contribution in [0, 0.1) is 0 Å². The van der Waals surface area contributed by atoms with Crippen LogP contribution in [0.25, 0.3) is 33.5 Å². The predicted molar refractivity (Wildman–Crippen MR) is 154 cm³/mol. The van der Waals surface area contributed by atoms with Gasteiger partial charge in [-0.3, -0.25) is 0 Å². The zero-order valence-electron chi connectivity index (χ0n) is 21.8. The molecule has 0 saturated carbocycles. The molecule has 0 bridgehead atoms. The smallest absolute Gasteiger partial charge is 0.336 e. The number of fused-ring (bicyclic) bond motifs is 1. The van der Waals surface area contributed by atoms with Crippen molar-refractivity contribution in [3.8, 4) is 28.3 Å². The standard InChI is InChI=1S/C31H29N3O4S/c1-3-20-7-5-9-23(15-20)29-30(24-10-6-8-21(4-2)16-24)33-34-31(32-29)39-19-25(35)18-37-26-13-11-22-12-14-28(36)38-27(22)17-26/h5-17,25,35H,3-4,18-19H2,1-2H3. The van der Waals surface area contributed by atoms with E-state index in [4.69, 9.17) is 14.1 Å². The Labute approximate surface area is 230 Å². The SMILES string of the molecule is CCc1cccc(-c2nnc(SCC(O)COc3ccc4ccc(=O)oc4c3)nc2-c2cccc(CC)c2)c1. The molecule has 0 aliphatic rings. The van der Waals surface area contributed by atoms with Gasteiger partial charge in [0.2, 0.25) is 5.16 Å². The lowest BCUT2D eigenvalue weighted by Crippen LogP contribution is -2.20. The van der Waals surface area contributed by atoms with Crippen LogP contribution in [-0.2, 0) is 12.8 Å². The highest BCUT2D eigenvalue weighted by molar-refractivity contribution is 7.99. The van der Waals surface area contributed by atoms with Gasteiger partial charge in [-0.15, -0.1) is 10.2 Å². The molecule has 8 heteroatoms. The van der Waals surface area contributed by atoms with Gasteiger partial charge in [0, 0.05) is 34.4 Å². The van der Waals surface area contributed by atoms with E-state index in [0.717, 1.165) is 40.7 Å². The fraction of sp³-hybridized carbons (Fsp3) is 0.226. The maximum absolute atomic E-state index is 11.5. The van der Waals surface area contributed by atoms with E-state index in [0.29, 0.717) is 22.2 Å². The largest absolute Gasteiger partial charge is 0.491 e. The van der Waals surface area contributed by atoms with Crippen LogP contribution >= 0.6 is 11.8 Å². The third-order valence-electron chi connectivity index (χ3n) is 6.33. The lowest BCUT2D eigenvalue weighted by atomic mass is 10.0. The van der Waals surface area contributed by atoms with Crippen LogP contribution in [-0.4, -0.2) is 38.8 Å². The van der Waals surface area contributed by atoms with Crippen molar-refractivity contribution in [1.82, 2.24) is 15.2 Å². The van der Waals surface area contributed by atoms with Crippen molar-refractivity contribution < 1.29 is 14.3 Å². The molecule has 1 unspecified atom stereocenters. The number of nitrogens with zero attached hydrogens (tertiary/aromatic N) is 3. The topological polar surface area (TPSA) is 98.3 Å². The molecule has 0 aliphatic carbocycles. The second-order valence-corrected chi connectivity index (χ2v) is 10.1. The Hall–Kier alpha value is -4.01. The third-order valence-corrected chi connectivity index (χ3v) is 7.31. The lowest BCUT2D eigenvalue weighted by molar-refractivity contribution is 0.126. The normalized spacial score (nSPS) is 12.0. The second-order valence-electron chi connectivity index (χ2n) is 9.13. The molecule has 0 amide bonds. The fourth-order valence-electron chi connectivity index (χ4n) is 4.19. The molecular formula is C31H29N3O4S. The third kappa shape index (κ3) is 6.53. The summed E-state index contributed by atoms with van der Waals surface area (Å²) in [7, 11) is 0. The number of rotatable bonds is 10. The summed E-state index contributed by atoms with van der Waals surface area (Å²) in [6.45, 7) is 4.32. The Kier molecular flexibility index (Phi) is 8.34. The summed E-state index contributed by atoms with van der Waals surface area (Å²) in [6, 6.07) is 24.9. The maximum Gasteiger partial charge on any atom is 0.336 e. The molecule has 2 aromatic heterocycles. The Morgan fingerprint density at radius 1 is 0.872 bits per heavy atom. The first-order valence-electron chi connectivity index (χ1n) is 12.9. The number of aromatic nitrogens is 3.